The molecule has 1 aromatic carbocycles. The third-order valence-electron chi connectivity index (χ3n) is 3.63. The Bertz CT molecular complexity index is 549. The van der Waals surface area contributed by atoms with Gasteiger partial charge >= 0.3 is 0 Å². The summed E-state index contributed by atoms with van der Waals surface area (Å²) in [5.41, 5.74) is 0.404. The van der Waals surface area contributed by atoms with Gasteiger partial charge in [-0.2, -0.15) is 5.26 Å². The normalized spacial score (nSPS) is 13.5. The summed E-state index contributed by atoms with van der Waals surface area (Å²) in [6.45, 7) is 8.05. The van der Waals surface area contributed by atoms with Gasteiger partial charge in [-0.1, -0.05) is 39.8 Å². The zero-order valence-corrected chi connectivity index (χ0v) is 14.2. The van der Waals surface area contributed by atoms with E-state index in [2.05, 4.69) is 11.4 Å². The summed E-state index contributed by atoms with van der Waals surface area (Å²) in [4.78, 5) is 12.3. The van der Waals surface area contributed by atoms with Gasteiger partial charge in [-0.15, -0.1) is 0 Å². The van der Waals surface area contributed by atoms with Crippen LogP contribution in [0.15, 0.2) is 24.3 Å². The highest BCUT2D eigenvalue weighted by molar-refractivity contribution is 5.81. The highest BCUT2D eigenvalue weighted by Gasteiger charge is 2.25. The first-order valence-corrected chi connectivity index (χ1v) is 7.98. The average Bonchev–Trinajstić information content (AvgIpc) is 2.52. The summed E-state index contributed by atoms with van der Waals surface area (Å²) in [6.07, 6.45) is -0.614. The molecule has 0 aliphatic rings. The van der Waals surface area contributed by atoms with Gasteiger partial charge < -0.3 is 15.2 Å². The van der Waals surface area contributed by atoms with Gasteiger partial charge in [0.2, 0.25) is 0 Å². The molecule has 2 N–H and O–H groups in total. The lowest BCUT2D eigenvalue weighted by Crippen LogP contribution is -2.42. The minimum Gasteiger partial charge on any atom is -0.479 e. The van der Waals surface area contributed by atoms with Crippen LogP contribution in [-0.2, 0) is 4.79 Å². The zero-order chi connectivity index (χ0) is 17.4. The number of carbonyl (C=O) groups is 1. The van der Waals surface area contributed by atoms with E-state index in [1.54, 1.807) is 24.3 Å². The number of nitrogens with one attached hydrogen (secondary N) is 1. The van der Waals surface area contributed by atoms with E-state index in [4.69, 9.17) is 10.00 Å². The number of rotatable bonds is 8. The molecular weight excluding hydrogens is 292 g/mol. The molecule has 0 saturated carbocycles. The number of benzene rings is 1. The van der Waals surface area contributed by atoms with E-state index in [9.17, 15) is 9.90 Å². The molecule has 0 heterocycles. The van der Waals surface area contributed by atoms with Gasteiger partial charge in [-0.05, 0) is 30.4 Å². The van der Waals surface area contributed by atoms with E-state index in [0.717, 1.165) is 0 Å². The van der Waals surface area contributed by atoms with Crippen molar-refractivity contribution in [2.45, 2.75) is 46.3 Å². The fraction of sp³-hybridized carbons (Fsp3) is 0.556. The fourth-order valence-corrected chi connectivity index (χ4v) is 2.07. The molecule has 126 valence electrons. The Morgan fingerprint density at radius 3 is 2.48 bits per heavy atom. The second-order valence-electron chi connectivity index (χ2n) is 6.28. The molecule has 2 unspecified atom stereocenters. The Kier molecular flexibility index (Phi) is 7.56. The number of aliphatic hydroxyl groups excluding tert-OH is 1. The van der Waals surface area contributed by atoms with Crippen molar-refractivity contribution in [2.75, 3.05) is 6.54 Å². The highest BCUT2D eigenvalue weighted by Crippen LogP contribution is 2.20. The van der Waals surface area contributed by atoms with Gasteiger partial charge in [0.15, 0.2) is 6.10 Å². The Morgan fingerprint density at radius 1 is 1.26 bits per heavy atom. The van der Waals surface area contributed by atoms with Crippen molar-refractivity contribution < 1.29 is 14.6 Å². The molecule has 0 saturated heterocycles. The third-order valence-corrected chi connectivity index (χ3v) is 3.63. The zero-order valence-electron chi connectivity index (χ0n) is 14.2. The third kappa shape index (κ3) is 5.91. The van der Waals surface area contributed by atoms with E-state index in [-0.39, 0.29) is 17.7 Å². The molecule has 0 bridgehead atoms. The Morgan fingerprint density at radius 2 is 1.91 bits per heavy atom. The number of aliphatic hydroxyl groups is 1. The monoisotopic (exact) mass is 318 g/mol. The lowest BCUT2D eigenvalue weighted by atomic mass is 10.0. The number of ether oxygens (including phenoxy) is 1. The summed E-state index contributed by atoms with van der Waals surface area (Å²) < 4.78 is 5.77. The molecule has 23 heavy (non-hydrogen) atoms. The number of amides is 1. The smallest absolute Gasteiger partial charge is 0.261 e. The Labute approximate surface area is 138 Å². The predicted octanol–water partition coefficient (Wildman–Crippen LogP) is 2.48. The van der Waals surface area contributed by atoms with Gasteiger partial charge in [-0.3, -0.25) is 4.79 Å². The van der Waals surface area contributed by atoms with Crippen molar-refractivity contribution in [3.05, 3.63) is 29.8 Å². The molecule has 0 radical (unpaired) electrons. The molecule has 0 fully saturated rings. The first kappa shape index (κ1) is 19.0. The Hall–Kier alpha value is -2.06. The number of hydrogen-bond acceptors (Lipinski definition) is 4. The maximum Gasteiger partial charge on any atom is 0.261 e. The summed E-state index contributed by atoms with van der Waals surface area (Å²) in [5, 5.41) is 21.7. The van der Waals surface area contributed by atoms with Crippen molar-refractivity contribution in [2.24, 2.45) is 11.8 Å². The van der Waals surface area contributed by atoms with Crippen LogP contribution >= 0.6 is 0 Å². The lowest BCUT2D eigenvalue weighted by molar-refractivity contribution is -0.129. The van der Waals surface area contributed by atoms with Crippen LogP contribution in [0.3, 0.4) is 0 Å². The van der Waals surface area contributed by atoms with Crippen LogP contribution in [0.2, 0.25) is 0 Å². The van der Waals surface area contributed by atoms with E-state index in [0.29, 0.717) is 24.3 Å². The summed E-state index contributed by atoms with van der Waals surface area (Å²) >= 11 is 0. The van der Waals surface area contributed by atoms with Crippen molar-refractivity contribution in [3.8, 4) is 11.8 Å². The molecule has 5 nitrogen and oxygen atoms in total. The maximum absolute atomic E-state index is 12.3. The summed E-state index contributed by atoms with van der Waals surface area (Å²) in [5.74, 6) is 0.290. The minimum absolute atomic E-state index is 0.0447. The van der Waals surface area contributed by atoms with Crippen LogP contribution in [0.4, 0.5) is 0 Å². The molecule has 1 aromatic rings. The van der Waals surface area contributed by atoms with E-state index >= 15 is 0 Å². The standard InChI is InChI=1S/C18H26N2O3/c1-12(2)15(21)9-10-20-18(22)17(13(3)4)23-16-8-6-5-7-14(16)11-19/h5-8,12-13,15,17,21H,9-10H2,1-4H3,(H,20,22). The van der Waals surface area contributed by atoms with Crippen LogP contribution in [0.25, 0.3) is 0 Å². The van der Waals surface area contributed by atoms with Crippen LogP contribution < -0.4 is 10.1 Å². The second-order valence-corrected chi connectivity index (χ2v) is 6.28. The number of carbonyl (C=O) groups excluding carboxylic acids is 1. The second kappa shape index (κ2) is 9.16. The van der Waals surface area contributed by atoms with Crippen molar-refractivity contribution >= 4 is 5.91 Å². The van der Waals surface area contributed by atoms with Gasteiger partial charge in [0, 0.05) is 6.54 Å². The maximum atomic E-state index is 12.3. The number of para-hydroxylation sites is 1. The van der Waals surface area contributed by atoms with Crippen LogP contribution in [0, 0.1) is 23.2 Å². The molecular formula is C18H26N2O3. The van der Waals surface area contributed by atoms with E-state index in [1.165, 1.54) is 0 Å². The van der Waals surface area contributed by atoms with Crippen LogP contribution in [0.1, 0.15) is 39.7 Å². The topological polar surface area (TPSA) is 82.3 Å². The van der Waals surface area contributed by atoms with Crippen LogP contribution in [0.5, 0.6) is 5.75 Å². The van der Waals surface area contributed by atoms with Crippen molar-refractivity contribution in [3.63, 3.8) is 0 Å². The number of nitrogens with zero attached hydrogens (tertiary/aromatic N) is 1. The molecule has 1 amide bonds. The van der Waals surface area contributed by atoms with E-state index < -0.39 is 12.2 Å². The average molecular weight is 318 g/mol. The summed E-state index contributed by atoms with van der Waals surface area (Å²) in [7, 11) is 0. The Balaban J connectivity index is 2.68. The van der Waals surface area contributed by atoms with Crippen LogP contribution in [-0.4, -0.2) is 29.8 Å². The number of hydrogen-bond donors (Lipinski definition) is 2. The molecule has 0 aromatic heterocycles. The molecule has 0 spiro atoms. The molecule has 0 aliphatic heterocycles. The first-order valence-electron chi connectivity index (χ1n) is 7.98. The summed E-state index contributed by atoms with van der Waals surface area (Å²) in [6, 6.07) is 8.92. The predicted molar refractivity (Wildman–Crippen MR) is 88.9 cm³/mol. The van der Waals surface area contributed by atoms with Crippen molar-refractivity contribution in [1.29, 1.82) is 5.26 Å². The number of nitriles is 1. The van der Waals surface area contributed by atoms with Gasteiger partial charge in [0.1, 0.15) is 11.8 Å². The van der Waals surface area contributed by atoms with Crippen molar-refractivity contribution in [1.82, 2.24) is 5.32 Å². The molecule has 5 heteroatoms. The minimum atomic E-state index is -0.680. The highest BCUT2D eigenvalue weighted by atomic mass is 16.5. The molecule has 1 rings (SSSR count). The van der Waals surface area contributed by atoms with Gasteiger partial charge in [-0.25, -0.2) is 0 Å². The fourth-order valence-electron chi connectivity index (χ4n) is 2.07. The molecule has 0 aliphatic carbocycles. The van der Waals surface area contributed by atoms with Gasteiger partial charge in [0.05, 0.1) is 11.7 Å². The largest absolute Gasteiger partial charge is 0.479 e. The lowest BCUT2D eigenvalue weighted by Gasteiger charge is -2.23. The van der Waals surface area contributed by atoms with E-state index in [1.807, 2.05) is 27.7 Å². The molecule has 2 atom stereocenters. The SMILES string of the molecule is CC(C)C(O)CCNC(=O)C(Oc1ccccc1C#N)C(C)C. The van der Waals surface area contributed by atoms with Gasteiger partial charge in [0.25, 0.3) is 5.91 Å². The quantitative estimate of drug-likeness (QED) is 0.771. The first-order chi connectivity index (χ1) is 10.9.